The number of hydrogen-bond acceptors (Lipinski definition) is 5. The summed E-state index contributed by atoms with van der Waals surface area (Å²) in [6.07, 6.45) is 6.37. The Labute approximate surface area is 181 Å². The Morgan fingerprint density at radius 3 is 2.74 bits per heavy atom. The number of aromatic nitrogens is 4. The van der Waals surface area contributed by atoms with Crippen LogP contribution in [0.25, 0.3) is 22.2 Å². The van der Waals surface area contributed by atoms with Crippen molar-refractivity contribution in [2.24, 2.45) is 7.05 Å². The van der Waals surface area contributed by atoms with Crippen LogP contribution in [0.3, 0.4) is 0 Å². The predicted octanol–water partition coefficient (Wildman–Crippen LogP) is 3.29. The SMILES string of the molecule is CN(C)c1cccc(C(=O)N2CCc3nc4ncc(-c5cnn(C)c5)cc4cc3C2)c1. The number of carbonyl (C=O) groups is 1. The molecule has 1 aliphatic heterocycles. The minimum Gasteiger partial charge on any atom is -0.378 e. The molecule has 5 rings (SSSR count). The zero-order chi connectivity index (χ0) is 21.5. The fraction of sp³-hybridized carbons (Fsp3) is 0.250. The molecule has 1 amide bonds. The first-order valence-corrected chi connectivity index (χ1v) is 10.3. The fourth-order valence-corrected chi connectivity index (χ4v) is 4.02. The lowest BCUT2D eigenvalue weighted by Gasteiger charge is -2.29. The fourth-order valence-electron chi connectivity index (χ4n) is 4.02. The molecule has 0 radical (unpaired) electrons. The summed E-state index contributed by atoms with van der Waals surface area (Å²) in [5.41, 5.74) is 6.61. The topological polar surface area (TPSA) is 67.2 Å². The molecular weight excluding hydrogens is 388 g/mol. The lowest BCUT2D eigenvalue weighted by molar-refractivity contribution is 0.0734. The number of amides is 1. The van der Waals surface area contributed by atoms with Gasteiger partial charge in [0.1, 0.15) is 0 Å². The maximum absolute atomic E-state index is 13.2. The average Bonchev–Trinajstić information content (AvgIpc) is 3.22. The Hall–Kier alpha value is -3.74. The number of fused-ring (bicyclic) bond motifs is 2. The molecule has 0 fully saturated rings. The number of carbonyl (C=O) groups excluding carboxylic acids is 1. The van der Waals surface area contributed by atoms with Crippen LogP contribution in [0.4, 0.5) is 5.69 Å². The van der Waals surface area contributed by atoms with Gasteiger partial charge < -0.3 is 9.80 Å². The highest BCUT2D eigenvalue weighted by Crippen LogP contribution is 2.26. The van der Waals surface area contributed by atoms with E-state index in [2.05, 4.69) is 22.2 Å². The molecule has 4 aromatic rings. The van der Waals surface area contributed by atoms with Crippen molar-refractivity contribution >= 4 is 22.6 Å². The van der Waals surface area contributed by atoms with Gasteiger partial charge in [0.2, 0.25) is 0 Å². The third-order valence-electron chi connectivity index (χ3n) is 5.75. The molecule has 0 saturated carbocycles. The Morgan fingerprint density at radius 2 is 1.97 bits per heavy atom. The molecule has 0 unspecified atom stereocenters. The summed E-state index contributed by atoms with van der Waals surface area (Å²) in [5.74, 6) is 0.0525. The van der Waals surface area contributed by atoms with Gasteiger partial charge >= 0.3 is 0 Å². The normalized spacial score (nSPS) is 13.3. The van der Waals surface area contributed by atoms with Crippen LogP contribution < -0.4 is 4.90 Å². The molecular formula is C24H24N6O. The number of nitrogens with zero attached hydrogens (tertiary/aromatic N) is 6. The van der Waals surface area contributed by atoms with Crippen molar-refractivity contribution in [3.63, 3.8) is 0 Å². The van der Waals surface area contributed by atoms with E-state index in [1.165, 1.54) is 0 Å². The highest BCUT2D eigenvalue weighted by atomic mass is 16.2. The van der Waals surface area contributed by atoms with E-state index in [1.54, 1.807) is 4.68 Å². The largest absolute Gasteiger partial charge is 0.378 e. The van der Waals surface area contributed by atoms with Gasteiger partial charge in [-0.25, -0.2) is 9.97 Å². The third-order valence-corrected chi connectivity index (χ3v) is 5.75. The first-order chi connectivity index (χ1) is 15.0. The lowest BCUT2D eigenvalue weighted by atomic mass is 10.0. The van der Waals surface area contributed by atoms with E-state index in [9.17, 15) is 4.79 Å². The van der Waals surface area contributed by atoms with Gasteiger partial charge in [-0.05, 0) is 35.9 Å². The Balaban J connectivity index is 1.45. The smallest absolute Gasteiger partial charge is 0.254 e. The van der Waals surface area contributed by atoms with Gasteiger partial charge in [-0.1, -0.05) is 6.07 Å². The molecule has 1 aromatic carbocycles. The summed E-state index contributed by atoms with van der Waals surface area (Å²) in [6.45, 7) is 1.21. The van der Waals surface area contributed by atoms with Gasteiger partial charge in [-0.3, -0.25) is 9.48 Å². The summed E-state index contributed by atoms with van der Waals surface area (Å²) in [5, 5.41) is 5.22. The van der Waals surface area contributed by atoms with Crippen LogP contribution in [0.2, 0.25) is 0 Å². The van der Waals surface area contributed by atoms with E-state index in [-0.39, 0.29) is 5.91 Å². The van der Waals surface area contributed by atoms with E-state index in [0.29, 0.717) is 18.7 Å². The zero-order valence-electron chi connectivity index (χ0n) is 17.9. The average molecular weight is 412 g/mol. The Kier molecular flexibility index (Phi) is 4.66. The second kappa shape index (κ2) is 7.50. The molecule has 7 nitrogen and oxygen atoms in total. The minimum absolute atomic E-state index is 0.0525. The molecule has 7 heteroatoms. The number of hydrogen-bond donors (Lipinski definition) is 0. The van der Waals surface area contributed by atoms with Crippen LogP contribution in [-0.4, -0.2) is 51.2 Å². The summed E-state index contributed by atoms with van der Waals surface area (Å²) in [7, 11) is 5.85. The van der Waals surface area contributed by atoms with Gasteiger partial charge in [-0.15, -0.1) is 0 Å². The summed E-state index contributed by atoms with van der Waals surface area (Å²) < 4.78 is 1.78. The van der Waals surface area contributed by atoms with Crippen LogP contribution in [-0.2, 0) is 20.0 Å². The van der Waals surface area contributed by atoms with Crippen molar-refractivity contribution in [3.8, 4) is 11.1 Å². The predicted molar refractivity (Wildman–Crippen MR) is 121 cm³/mol. The van der Waals surface area contributed by atoms with Crippen LogP contribution in [0.5, 0.6) is 0 Å². The molecule has 0 spiro atoms. The first kappa shape index (κ1) is 19.2. The van der Waals surface area contributed by atoms with E-state index in [0.717, 1.165) is 45.5 Å². The molecule has 1 aliphatic rings. The van der Waals surface area contributed by atoms with Crippen molar-refractivity contribution in [2.45, 2.75) is 13.0 Å². The van der Waals surface area contributed by atoms with E-state index >= 15 is 0 Å². The van der Waals surface area contributed by atoms with Crippen LogP contribution in [0.1, 0.15) is 21.6 Å². The Bertz CT molecular complexity index is 1290. The molecule has 4 heterocycles. The second-order valence-corrected chi connectivity index (χ2v) is 8.19. The van der Waals surface area contributed by atoms with Crippen molar-refractivity contribution in [1.29, 1.82) is 0 Å². The van der Waals surface area contributed by atoms with Crippen molar-refractivity contribution < 1.29 is 4.79 Å². The second-order valence-electron chi connectivity index (χ2n) is 8.19. The van der Waals surface area contributed by atoms with E-state index < -0.39 is 0 Å². The van der Waals surface area contributed by atoms with Gasteiger partial charge in [-0.2, -0.15) is 5.10 Å². The summed E-state index contributed by atoms with van der Waals surface area (Å²) in [6, 6.07) is 12.0. The number of anilines is 1. The maximum atomic E-state index is 13.2. The maximum Gasteiger partial charge on any atom is 0.254 e. The summed E-state index contributed by atoms with van der Waals surface area (Å²) >= 11 is 0. The van der Waals surface area contributed by atoms with E-state index in [4.69, 9.17) is 4.98 Å². The standard InChI is InChI=1S/C24H24N6O/c1-28(2)21-6-4-5-16(11-21)24(31)30-8-7-22-19(15-30)10-17-9-18(12-25-23(17)27-22)20-13-26-29(3)14-20/h4-6,9-14H,7-8,15H2,1-3H3. The van der Waals surface area contributed by atoms with Gasteiger partial charge in [0.05, 0.1) is 6.20 Å². The monoisotopic (exact) mass is 412 g/mol. The number of rotatable bonds is 3. The number of pyridine rings is 2. The quantitative estimate of drug-likeness (QED) is 0.517. The van der Waals surface area contributed by atoms with E-state index in [1.807, 2.05) is 73.8 Å². The van der Waals surface area contributed by atoms with Gasteiger partial charge in [0, 0.05) is 86.5 Å². The highest BCUT2D eigenvalue weighted by Gasteiger charge is 2.23. The molecule has 0 aliphatic carbocycles. The van der Waals surface area contributed by atoms with Crippen LogP contribution in [0, 0.1) is 0 Å². The first-order valence-electron chi connectivity index (χ1n) is 10.3. The molecule has 156 valence electrons. The lowest BCUT2D eigenvalue weighted by Crippen LogP contribution is -2.36. The highest BCUT2D eigenvalue weighted by molar-refractivity contribution is 5.95. The summed E-state index contributed by atoms with van der Waals surface area (Å²) in [4.78, 5) is 26.4. The Morgan fingerprint density at radius 1 is 1.10 bits per heavy atom. The number of aryl methyl sites for hydroxylation is 1. The van der Waals surface area contributed by atoms with Gasteiger partial charge in [0.15, 0.2) is 5.65 Å². The molecule has 3 aromatic heterocycles. The molecule has 31 heavy (non-hydrogen) atoms. The molecule has 0 N–H and O–H groups in total. The third kappa shape index (κ3) is 3.63. The zero-order valence-corrected chi connectivity index (χ0v) is 17.9. The van der Waals surface area contributed by atoms with Crippen molar-refractivity contribution in [1.82, 2.24) is 24.6 Å². The van der Waals surface area contributed by atoms with Crippen molar-refractivity contribution in [2.75, 3.05) is 25.5 Å². The van der Waals surface area contributed by atoms with Crippen LogP contribution >= 0.6 is 0 Å². The van der Waals surface area contributed by atoms with Crippen LogP contribution in [0.15, 0.2) is 55.0 Å². The molecule has 0 saturated heterocycles. The van der Waals surface area contributed by atoms with Gasteiger partial charge in [0.25, 0.3) is 5.91 Å². The minimum atomic E-state index is 0.0525. The van der Waals surface area contributed by atoms with Crippen molar-refractivity contribution in [3.05, 3.63) is 71.8 Å². The number of benzene rings is 1. The molecule has 0 atom stereocenters. The molecule has 0 bridgehead atoms.